The fourth-order valence-corrected chi connectivity index (χ4v) is 1.64. The largest absolute Gasteiger partial charge is 0.398 e. The maximum Gasteiger partial charge on any atom is 0.281 e. The van der Waals surface area contributed by atoms with E-state index < -0.39 is 10.0 Å². The van der Waals surface area contributed by atoms with Gasteiger partial charge in [-0.05, 0) is 18.2 Å². The number of benzene rings is 1. The number of hydrogen-bond acceptors (Lipinski definition) is 3. The topological polar surface area (TPSA) is 72.5 Å². The lowest BCUT2D eigenvalue weighted by atomic mass is 10.3. The Bertz CT molecular complexity index is 442. The van der Waals surface area contributed by atoms with Gasteiger partial charge in [-0.3, -0.25) is 0 Å². The average molecular weight is 219 g/mol. The summed E-state index contributed by atoms with van der Waals surface area (Å²) in [5, 5.41) is 0.185. The molecule has 70 valence electrons. The summed E-state index contributed by atoms with van der Waals surface area (Å²) in [4.78, 5) is -0.0123. The van der Waals surface area contributed by atoms with Gasteiger partial charge in [0.15, 0.2) is 0 Å². The highest BCUT2D eigenvalue weighted by molar-refractivity contribution is 7.90. The molecule has 0 bridgehead atoms. The fraction of sp³-hybridized carbons (Fsp3) is 0. The average Bonchev–Trinajstić information content (AvgIpc) is 2.09. The quantitative estimate of drug-likeness (QED) is 0.601. The van der Waals surface area contributed by atoms with E-state index in [0.717, 1.165) is 0 Å². The van der Waals surface area contributed by atoms with E-state index in [9.17, 15) is 8.42 Å². The van der Waals surface area contributed by atoms with Crippen molar-refractivity contribution in [3.05, 3.63) is 23.2 Å². The first-order valence-electron chi connectivity index (χ1n) is 3.25. The zero-order valence-electron chi connectivity index (χ0n) is 6.57. The lowest BCUT2D eigenvalue weighted by molar-refractivity contribution is 0.598. The molecular formula is C7H7ClN2O2S. The van der Waals surface area contributed by atoms with Crippen molar-refractivity contribution in [1.29, 1.82) is 0 Å². The molecule has 4 nitrogen and oxygen atoms in total. The number of anilines is 1. The van der Waals surface area contributed by atoms with Gasteiger partial charge < -0.3 is 5.73 Å². The van der Waals surface area contributed by atoms with Gasteiger partial charge in [-0.15, -0.1) is 0 Å². The molecule has 1 rings (SSSR count). The third-order valence-corrected chi connectivity index (χ3v) is 2.96. The molecule has 0 radical (unpaired) electrons. The van der Waals surface area contributed by atoms with Crippen molar-refractivity contribution in [1.82, 2.24) is 0 Å². The van der Waals surface area contributed by atoms with Gasteiger partial charge in [-0.1, -0.05) is 11.6 Å². The van der Waals surface area contributed by atoms with Crippen LogP contribution in [0.25, 0.3) is 0 Å². The van der Waals surface area contributed by atoms with E-state index in [0.29, 0.717) is 5.69 Å². The molecule has 0 amide bonds. The third-order valence-electron chi connectivity index (χ3n) is 1.44. The van der Waals surface area contributed by atoms with Crippen LogP contribution in [0.5, 0.6) is 0 Å². The number of nitrogens with two attached hydrogens (primary N) is 1. The monoisotopic (exact) mass is 218 g/mol. The van der Waals surface area contributed by atoms with Gasteiger partial charge in [0.05, 0.1) is 15.6 Å². The molecule has 0 aliphatic carbocycles. The molecule has 0 spiro atoms. The summed E-state index contributed by atoms with van der Waals surface area (Å²) in [5.41, 5.74) is 5.72. The molecule has 1 aromatic rings. The molecule has 6 heteroatoms. The normalized spacial score (nSPS) is 11.2. The lowest BCUT2D eigenvalue weighted by Crippen LogP contribution is -1.96. The standard InChI is InChI=1S/C7H7ClN2O2S/c1-10-13(11,12)5-2-3-7(9)6(8)4-5/h2-4H,1,9H2. The molecule has 0 aliphatic rings. The predicted octanol–water partition coefficient (Wildman–Crippen LogP) is 1.31. The van der Waals surface area contributed by atoms with Gasteiger partial charge in [0.1, 0.15) is 0 Å². The Labute approximate surface area is 81.1 Å². The van der Waals surface area contributed by atoms with Crippen LogP contribution < -0.4 is 5.73 Å². The number of nitrogen functional groups attached to an aromatic ring is 1. The molecule has 0 atom stereocenters. The molecule has 0 fully saturated rings. The molecule has 0 heterocycles. The number of rotatable bonds is 2. The van der Waals surface area contributed by atoms with Gasteiger partial charge in [0.25, 0.3) is 10.0 Å². The zero-order valence-corrected chi connectivity index (χ0v) is 8.14. The Balaban J connectivity index is 3.35. The van der Waals surface area contributed by atoms with Gasteiger partial charge in [0.2, 0.25) is 0 Å². The summed E-state index contributed by atoms with van der Waals surface area (Å²) in [5.74, 6) is 0. The van der Waals surface area contributed by atoms with Crippen LogP contribution in [0.4, 0.5) is 5.69 Å². The number of halogens is 1. The van der Waals surface area contributed by atoms with Crippen molar-refractivity contribution in [2.75, 3.05) is 5.73 Å². The van der Waals surface area contributed by atoms with E-state index in [1.165, 1.54) is 18.2 Å². The molecule has 2 N–H and O–H groups in total. The minimum Gasteiger partial charge on any atom is -0.398 e. The van der Waals surface area contributed by atoms with E-state index in [2.05, 4.69) is 11.1 Å². The van der Waals surface area contributed by atoms with Crippen molar-refractivity contribution in [3.63, 3.8) is 0 Å². The van der Waals surface area contributed by atoms with Crippen LogP contribution in [-0.2, 0) is 10.0 Å². The molecule has 0 unspecified atom stereocenters. The Morgan fingerprint density at radius 2 is 2.08 bits per heavy atom. The Morgan fingerprint density at radius 3 is 2.54 bits per heavy atom. The molecule has 0 saturated carbocycles. The van der Waals surface area contributed by atoms with Crippen molar-refractivity contribution < 1.29 is 8.42 Å². The van der Waals surface area contributed by atoms with Gasteiger partial charge in [-0.25, -0.2) is 0 Å². The Morgan fingerprint density at radius 1 is 1.46 bits per heavy atom. The summed E-state index contributed by atoms with van der Waals surface area (Å²) in [6, 6.07) is 3.96. The number of sulfonamides is 1. The first kappa shape index (κ1) is 10.0. The van der Waals surface area contributed by atoms with Crippen LogP contribution in [0.3, 0.4) is 0 Å². The van der Waals surface area contributed by atoms with Crippen molar-refractivity contribution in [3.8, 4) is 0 Å². The second-order valence-electron chi connectivity index (χ2n) is 2.29. The predicted molar refractivity (Wildman–Crippen MR) is 52.6 cm³/mol. The fourth-order valence-electron chi connectivity index (χ4n) is 0.743. The van der Waals surface area contributed by atoms with Crippen LogP contribution in [0.2, 0.25) is 5.02 Å². The van der Waals surface area contributed by atoms with E-state index in [1.807, 2.05) is 0 Å². The first-order chi connectivity index (χ1) is 5.97. The SMILES string of the molecule is C=NS(=O)(=O)c1ccc(N)c(Cl)c1. The maximum absolute atomic E-state index is 11.1. The van der Waals surface area contributed by atoms with Gasteiger partial charge >= 0.3 is 0 Å². The van der Waals surface area contributed by atoms with Crippen LogP contribution in [-0.4, -0.2) is 15.1 Å². The van der Waals surface area contributed by atoms with Crippen LogP contribution in [0.1, 0.15) is 0 Å². The van der Waals surface area contributed by atoms with Crippen LogP contribution >= 0.6 is 11.6 Å². The molecule has 0 aromatic heterocycles. The smallest absolute Gasteiger partial charge is 0.281 e. The number of hydrogen-bond donors (Lipinski definition) is 1. The molecule has 0 saturated heterocycles. The molecule has 0 aliphatic heterocycles. The Kier molecular flexibility index (Phi) is 2.58. The number of nitrogens with zero attached hydrogens (tertiary/aromatic N) is 1. The highest BCUT2D eigenvalue weighted by Crippen LogP contribution is 2.23. The summed E-state index contributed by atoms with van der Waals surface area (Å²) in [6.45, 7) is 2.95. The van der Waals surface area contributed by atoms with Crippen molar-refractivity contribution in [2.24, 2.45) is 4.40 Å². The minimum absolute atomic E-state index is 0.0123. The van der Waals surface area contributed by atoms with E-state index in [4.69, 9.17) is 17.3 Å². The van der Waals surface area contributed by atoms with Crippen LogP contribution in [0.15, 0.2) is 27.5 Å². The van der Waals surface area contributed by atoms with E-state index in [1.54, 1.807) is 0 Å². The zero-order chi connectivity index (χ0) is 10.1. The minimum atomic E-state index is -3.66. The Hall–Kier alpha value is -1.07. The molecular weight excluding hydrogens is 212 g/mol. The van der Waals surface area contributed by atoms with Crippen molar-refractivity contribution >= 4 is 34.0 Å². The summed E-state index contributed by atoms with van der Waals surface area (Å²) >= 11 is 5.63. The highest BCUT2D eigenvalue weighted by atomic mass is 35.5. The second kappa shape index (κ2) is 3.35. The van der Waals surface area contributed by atoms with Gasteiger partial charge in [-0.2, -0.15) is 12.8 Å². The summed E-state index contributed by atoms with van der Waals surface area (Å²) < 4.78 is 25.3. The maximum atomic E-state index is 11.1. The molecule has 1 aromatic carbocycles. The van der Waals surface area contributed by atoms with Crippen molar-refractivity contribution in [2.45, 2.75) is 4.90 Å². The second-order valence-corrected chi connectivity index (χ2v) is 4.37. The summed E-state index contributed by atoms with van der Waals surface area (Å²) in [7, 11) is -3.66. The third kappa shape index (κ3) is 1.99. The van der Waals surface area contributed by atoms with Crippen LogP contribution in [0, 0.1) is 0 Å². The molecule has 13 heavy (non-hydrogen) atoms. The lowest BCUT2D eigenvalue weighted by Gasteiger charge is -2.00. The van der Waals surface area contributed by atoms with Gasteiger partial charge in [0, 0.05) is 6.72 Å². The first-order valence-corrected chi connectivity index (χ1v) is 5.07. The summed E-state index contributed by atoms with van der Waals surface area (Å²) in [6.07, 6.45) is 0. The van der Waals surface area contributed by atoms with E-state index >= 15 is 0 Å². The van der Waals surface area contributed by atoms with E-state index in [-0.39, 0.29) is 9.92 Å². The highest BCUT2D eigenvalue weighted by Gasteiger charge is 2.11.